The molecule has 2 aromatic rings. The molecule has 0 unspecified atom stereocenters. The van der Waals surface area contributed by atoms with Crippen LogP contribution >= 0.6 is 43.0 Å². The summed E-state index contributed by atoms with van der Waals surface area (Å²) in [5.41, 5.74) is 1.39. The Labute approximate surface area is 106 Å². The Morgan fingerprint density at radius 2 is 2.19 bits per heavy atom. The molecule has 3 heterocycles. The fourth-order valence-electron chi connectivity index (χ4n) is 1.03. The zero-order chi connectivity index (χ0) is 10.8. The Balaban J connectivity index is 2.00. The van der Waals surface area contributed by atoms with Crippen LogP contribution in [0.5, 0.6) is 0 Å². The van der Waals surface area contributed by atoms with Crippen LogP contribution in [0.2, 0.25) is 0 Å². The van der Waals surface area contributed by atoms with Crippen LogP contribution in [0.4, 0.5) is 0 Å². The topological polar surface area (TPSA) is 78.0 Å². The highest BCUT2D eigenvalue weighted by atomic mass is 33.1. The first-order valence-corrected chi connectivity index (χ1v) is 8.13. The van der Waals surface area contributed by atoms with Crippen molar-refractivity contribution in [3.63, 3.8) is 0 Å². The smallest absolute Gasteiger partial charge is 0.398 e. The second kappa shape index (κ2) is 4.57. The van der Waals surface area contributed by atoms with Gasteiger partial charge < -0.3 is 9.12 Å². The highest BCUT2D eigenvalue weighted by molar-refractivity contribution is 8.78. The minimum Gasteiger partial charge on any atom is -0.398 e. The molecule has 0 fully saturated rings. The van der Waals surface area contributed by atoms with Crippen LogP contribution in [0.3, 0.4) is 0 Å². The van der Waals surface area contributed by atoms with E-state index in [2.05, 4.69) is 27.8 Å². The van der Waals surface area contributed by atoms with E-state index in [1.165, 1.54) is 49.4 Å². The standard InChI is InChI=1S/C6H2N6S4/c1-3(5-9-13-14-10-5)7-2-8-4(1)6-11-15-16-12-6/h1-2H. The zero-order valence-corrected chi connectivity index (χ0v) is 10.7. The first-order chi connectivity index (χ1) is 7.93. The number of hydrogen-bond acceptors (Lipinski definition) is 8. The highest BCUT2D eigenvalue weighted by Gasteiger charge is 2.12. The maximum Gasteiger partial charge on any atom is 0.462 e. The first kappa shape index (κ1) is 10.3. The van der Waals surface area contributed by atoms with E-state index < -0.39 is 0 Å². The van der Waals surface area contributed by atoms with Gasteiger partial charge in [-0.3, -0.25) is 0 Å². The van der Waals surface area contributed by atoms with Crippen molar-refractivity contribution in [2.75, 3.05) is 0 Å². The molecular formula is C6H2N6S4. The van der Waals surface area contributed by atoms with Crippen molar-refractivity contribution >= 4 is 48.9 Å². The molecule has 0 radical (unpaired) electrons. The quantitative estimate of drug-likeness (QED) is 0.480. The lowest BCUT2D eigenvalue weighted by Crippen LogP contribution is -1.99. The molecule has 0 saturated heterocycles. The molecule has 0 aromatic carbocycles. The summed E-state index contributed by atoms with van der Waals surface area (Å²) in [5, 5.41) is 0. The lowest BCUT2D eigenvalue weighted by molar-refractivity contribution is 1.14. The largest absolute Gasteiger partial charge is 0.462 e. The van der Waals surface area contributed by atoms with Gasteiger partial charge in [-0.2, -0.15) is 0 Å². The monoisotopic (exact) mass is 286 g/mol. The van der Waals surface area contributed by atoms with Gasteiger partial charge >= 0.3 is 21.1 Å². The third-order valence-electron chi connectivity index (χ3n) is 1.69. The molecule has 0 amide bonds. The molecule has 3 rings (SSSR count). The fraction of sp³-hybridized carbons (Fsp3) is 0. The Morgan fingerprint density at radius 1 is 1.25 bits per heavy atom. The van der Waals surface area contributed by atoms with Gasteiger partial charge in [0, 0.05) is 0 Å². The van der Waals surface area contributed by atoms with Crippen molar-refractivity contribution in [2.45, 2.75) is 0 Å². The van der Waals surface area contributed by atoms with E-state index in [9.17, 15) is 0 Å². The van der Waals surface area contributed by atoms with Gasteiger partial charge in [-0.15, -0.1) is 4.37 Å². The van der Waals surface area contributed by atoms with Gasteiger partial charge in [0.15, 0.2) is 0 Å². The molecule has 0 N–H and O–H groups in total. The summed E-state index contributed by atoms with van der Waals surface area (Å²) in [7, 11) is 5.32. The lowest BCUT2D eigenvalue weighted by atomic mass is 10.3. The van der Waals surface area contributed by atoms with Crippen LogP contribution in [0.15, 0.2) is 16.8 Å². The molecule has 0 saturated carbocycles. The average molecular weight is 286 g/mol. The summed E-state index contributed by atoms with van der Waals surface area (Å²) < 4.78 is 16.5. The Bertz CT molecular complexity index is 526. The molecule has 0 aliphatic carbocycles. The number of nitrogens with zero attached hydrogens (tertiary/aromatic N) is 6. The Kier molecular flexibility index (Phi) is 2.95. The first-order valence-electron chi connectivity index (χ1n) is 4.00. The fourth-order valence-corrected chi connectivity index (χ4v) is 3.33. The Morgan fingerprint density at radius 3 is 2.94 bits per heavy atom. The van der Waals surface area contributed by atoms with E-state index in [-0.39, 0.29) is 0 Å². The van der Waals surface area contributed by atoms with Gasteiger partial charge in [0.2, 0.25) is 0 Å². The van der Waals surface area contributed by atoms with Gasteiger partial charge in [0.25, 0.3) is 5.82 Å². The van der Waals surface area contributed by atoms with E-state index in [1.54, 1.807) is 6.07 Å². The third-order valence-corrected chi connectivity index (χ3v) is 4.10. The third kappa shape index (κ3) is 2.00. The molecule has 10 heteroatoms. The van der Waals surface area contributed by atoms with E-state index in [0.29, 0.717) is 23.0 Å². The van der Waals surface area contributed by atoms with Crippen molar-refractivity contribution in [1.82, 2.24) is 18.7 Å². The highest BCUT2D eigenvalue weighted by Crippen LogP contribution is 2.38. The average Bonchev–Trinajstić information content (AvgIpc) is 3.03. The Hall–Kier alpha value is -0.840. The van der Waals surface area contributed by atoms with Crippen LogP contribution in [0.1, 0.15) is 5.69 Å². The van der Waals surface area contributed by atoms with Crippen molar-refractivity contribution in [3.05, 3.63) is 22.8 Å². The van der Waals surface area contributed by atoms with E-state index in [1.807, 2.05) is 0 Å². The maximum atomic E-state index is 4.13. The molecule has 0 spiro atoms. The van der Waals surface area contributed by atoms with Gasteiger partial charge in [-0.25, -0.2) is 9.97 Å². The molecule has 1 aliphatic rings. The van der Waals surface area contributed by atoms with Gasteiger partial charge in [0.05, 0.1) is 10.1 Å². The van der Waals surface area contributed by atoms with Crippen LogP contribution in [-0.4, -0.2) is 24.6 Å². The number of amidine groups is 1. The molecule has 1 aliphatic heterocycles. The van der Waals surface area contributed by atoms with E-state index in [4.69, 9.17) is 0 Å². The molecule has 0 bridgehead atoms. The normalized spacial score (nSPS) is 14.6. The van der Waals surface area contributed by atoms with Gasteiger partial charge in [-0.1, -0.05) is 22.0 Å². The summed E-state index contributed by atoms with van der Waals surface area (Å²) in [5.74, 6) is 1.25. The van der Waals surface area contributed by atoms with Gasteiger partial charge in [0.1, 0.15) is 12.0 Å². The van der Waals surface area contributed by atoms with Crippen molar-refractivity contribution in [1.29, 1.82) is 0 Å². The molecular weight excluding hydrogens is 284 g/mol. The summed E-state index contributed by atoms with van der Waals surface area (Å²) in [6.07, 6.45) is 1.47. The molecule has 2 aromatic heterocycles. The molecule has 6 nitrogen and oxygen atoms in total. The summed E-state index contributed by atoms with van der Waals surface area (Å²) in [6, 6.07) is 1.80. The summed E-state index contributed by atoms with van der Waals surface area (Å²) >= 11 is 0. The zero-order valence-electron chi connectivity index (χ0n) is 7.47. The van der Waals surface area contributed by atoms with E-state index in [0.717, 1.165) is 0 Å². The van der Waals surface area contributed by atoms with Crippen molar-refractivity contribution in [3.8, 4) is 11.5 Å². The predicted molar refractivity (Wildman–Crippen MR) is 68.3 cm³/mol. The minimum absolute atomic E-state index is 0.623. The molecule has 16 heavy (non-hydrogen) atoms. The minimum atomic E-state index is 0.623. The molecule has 0 atom stereocenters. The van der Waals surface area contributed by atoms with Crippen LogP contribution in [0, 0.1) is 0 Å². The second-order valence-corrected chi connectivity index (χ2v) is 5.71. The second-order valence-electron chi connectivity index (χ2n) is 2.60. The maximum absolute atomic E-state index is 4.13. The van der Waals surface area contributed by atoms with Crippen LogP contribution < -0.4 is 0 Å². The number of hydrogen-bond donors (Lipinski definition) is 0. The number of aromatic nitrogens is 4. The van der Waals surface area contributed by atoms with Crippen molar-refractivity contribution < 1.29 is 0 Å². The summed E-state index contributed by atoms with van der Waals surface area (Å²) in [6.45, 7) is 0. The summed E-state index contributed by atoms with van der Waals surface area (Å²) in [4.78, 5) is 8.24. The number of rotatable bonds is 2. The lowest BCUT2D eigenvalue weighted by Gasteiger charge is -2.06. The van der Waals surface area contributed by atoms with Crippen molar-refractivity contribution in [2.24, 2.45) is 4.40 Å². The molecule has 80 valence electrons. The van der Waals surface area contributed by atoms with E-state index >= 15 is 0 Å². The predicted octanol–water partition coefficient (Wildman–Crippen LogP) is 2.68. The van der Waals surface area contributed by atoms with Gasteiger partial charge in [-0.05, 0) is 11.9 Å². The SMILES string of the molecule is c1nc(C2=NSS[N-]2)cc(-c2ns[s+]n2)n1. The van der Waals surface area contributed by atoms with Crippen LogP contribution in [-0.2, 0) is 0 Å². The van der Waals surface area contributed by atoms with Crippen LogP contribution in [0.25, 0.3) is 16.2 Å².